The van der Waals surface area contributed by atoms with Crippen molar-refractivity contribution < 1.29 is 4.74 Å². The summed E-state index contributed by atoms with van der Waals surface area (Å²) in [5.41, 5.74) is 7.02. The molecule has 2 aromatic rings. The normalized spacial score (nSPS) is 11.2. The molecule has 3 N–H and O–H groups in total. The van der Waals surface area contributed by atoms with Crippen molar-refractivity contribution in [3.8, 4) is 5.88 Å². The number of aromatic nitrogens is 2. The smallest absolute Gasteiger partial charge is 0.239 e. The predicted octanol–water partition coefficient (Wildman–Crippen LogP) is 2.85. The summed E-state index contributed by atoms with van der Waals surface area (Å²) in [6.45, 7) is 6.49. The van der Waals surface area contributed by atoms with Gasteiger partial charge < -0.3 is 15.8 Å². The molecule has 0 fully saturated rings. The monoisotopic (exact) mass is 272 g/mol. The van der Waals surface area contributed by atoms with Gasteiger partial charge in [-0.1, -0.05) is 6.07 Å². The highest BCUT2D eigenvalue weighted by atomic mass is 16.5. The Kier molecular flexibility index (Phi) is 4.08. The predicted molar refractivity (Wildman–Crippen MR) is 80.6 cm³/mol. The first-order chi connectivity index (χ1) is 9.44. The van der Waals surface area contributed by atoms with Gasteiger partial charge in [0.1, 0.15) is 11.4 Å². The van der Waals surface area contributed by atoms with Crippen LogP contribution in [0.3, 0.4) is 0 Å². The fourth-order valence-corrected chi connectivity index (χ4v) is 1.61. The van der Waals surface area contributed by atoms with E-state index in [1.807, 2.05) is 45.0 Å². The second-order valence-electron chi connectivity index (χ2n) is 5.48. The number of nitrogens with zero attached hydrogens (tertiary/aromatic N) is 2. The molecule has 0 unspecified atom stereocenters. The number of rotatable bonds is 4. The maximum absolute atomic E-state index is 5.88. The highest BCUT2D eigenvalue weighted by molar-refractivity contribution is 5.53. The first kappa shape index (κ1) is 14.1. The Morgan fingerprint density at radius 2 is 2.00 bits per heavy atom. The van der Waals surface area contributed by atoms with Gasteiger partial charge in [-0.3, -0.25) is 4.98 Å². The average molecular weight is 272 g/mol. The Hall–Kier alpha value is -2.30. The van der Waals surface area contributed by atoms with E-state index in [1.54, 1.807) is 12.3 Å². The summed E-state index contributed by atoms with van der Waals surface area (Å²) >= 11 is 0. The van der Waals surface area contributed by atoms with Crippen LogP contribution in [0.2, 0.25) is 0 Å². The first-order valence-corrected chi connectivity index (χ1v) is 6.53. The van der Waals surface area contributed by atoms with E-state index in [4.69, 9.17) is 10.5 Å². The molecule has 0 aliphatic heterocycles. The summed E-state index contributed by atoms with van der Waals surface area (Å²) in [6, 6.07) is 9.41. The fourth-order valence-electron chi connectivity index (χ4n) is 1.61. The highest BCUT2D eigenvalue weighted by Crippen LogP contribution is 2.25. The molecule has 20 heavy (non-hydrogen) atoms. The van der Waals surface area contributed by atoms with Crippen molar-refractivity contribution in [3.63, 3.8) is 0 Å². The van der Waals surface area contributed by atoms with E-state index in [1.165, 1.54) is 0 Å². The van der Waals surface area contributed by atoms with E-state index in [9.17, 15) is 0 Å². The number of nitrogen functional groups attached to an aromatic ring is 1. The summed E-state index contributed by atoms with van der Waals surface area (Å²) in [7, 11) is 0. The van der Waals surface area contributed by atoms with Crippen molar-refractivity contribution in [2.24, 2.45) is 0 Å². The second-order valence-corrected chi connectivity index (χ2v) is 5.48. The van der Waals surface area contributed by atoms with Crippen molar-refractivity contribution in [3.05, 3.63) is 42.2 Å². The Labute approximate surface area is 119 Å². The standard InChI is InChI=1S/C15H20N4O/c1-15(2,3)20-14-12(16)7-8-13(19-14)18-10-11-6-4-5-9-17-11/h4-9H,10,16H2,1-3H3,(H,18,19). The van der Waals surface area contributed by atoms with Crippen LogP contribution in [0.1, 0.15) is 26.5 Å². The molecule has 0 saturated carbocycles. The van der Waals surface area contributed by atoms with Crippen LogP contribution in [0.15, 0.2) is 36.5 Å². The second kappa shape index (κ2) is 5.77. The van der Waals surface area contributed by atoms with Crippen molar-refractivity contribution >= 4 is 11.5 Å². The molecule has 2 aromatic heterocycles. The van der Waals surface area contributed by atoms with E-state index < -0.39 is 0 Å². The van der Waals surface area contributed by atoms with Crippen LogP contribution in [0.4, 0.5) is 11.5 Å². The molecular formula is C15H20N4O. The zero-order chi connectivity index (χ0) is 14.6. The SMILES string of the molecule is CC(C)(C)Oc1nc(NCc2ccccn2)ccc1N. The van der Waals surface area contributed by atoms with Gasteiger partial charge in [-0.15, -0.1) is 0 Å². The van der Waals surface area contributed by atoms with Crippen LogP contribution in [0.25, 0.3) is 0 Å². The molecule has 0 radical (unpaired) electrons. The summed E-state index contributed by atoms with van der Waals surface area (Å²) in [5, 5.41) is 3.21. The third kappa shape index (κ3) is 4.12. The maximum atomic E-state index is 5.88. The third-order valence-corrected chi connectivity index (χ3v) is 2.47. The van der Waals surface area contributed by atoms with Gasteiger partial charge in [-0.05, 0) is 45.0 Å². The van der Waals surface area contributed by atoms with E-state index in [-0.39, 0.29) is 5.60 Å². The Morgan fingerprint density at radius 1 is 1.20 bits per heavy atom. The van der Waals surface area contributed by atoms with Crippen molar-refractivity contribution in [1.82, 2.24) is 9.97 Å². The molecule has 0 amide bonds. The molecular weight excluding hydrogens is 252 g/mol. The lowest BCUT2D eigenvalue weighted by Gasteiger charge is -2.21. The van der Waals surface area contributed by atoms with Crippen LogP contribution in [0.5, 0.6) is 5.88 Å². The molecule has 2 heterocycles. The molecule has 0 bridgehead atoms. The van der Waals surface area contributed by atoms with Gasteiger partial charge in [-0.2, -0.15) is 4.98 Å². The fraction of sp³-hybridized carbons (Fsp3) is 0.333. The van der Waals surface area contributed by atoms with Gasteiger partial charge in [0.2, 0.25) is 5.88 Å². The lowest BCUT2D eigenvalue weighted by Crippen LogP contribution is -2.24. The van der Waals surface area contributed by atoms with E-state index in [0.29, 0.717) is 23.9 Å². The number of nitrogens with two attached hydrogens (primary N) is 1. The molecule has 0 aliphatic rings. The third-order valence-electron chi connectivity index (χ3n) is 2.47. The number of hydrogen-bond donors (Lipinski definition) is 2. The van der Waals surface area contributed by atoms with Gasteiger partial charge in [0.25, 0.3) is 0 Å². The molecule has 5 nitrogen and oxygen atoms in total. The molecule has 0 saturated heterocycles. The molecule has 106 valence electrons. The number of nitrogens with one attached hydrogen (secondary N) is 1. The topological polar surface area (TPSA) is 73.1 Å². The molecule has 2 rings (SSSR count). The number of hydrogen-bond acceptors (Lipinski definition) is 5. The quantitative estimate of drug-likeness (QED) is 0.895. The maximum Gasteiger partial charge on any atom is 0.239 e. The Morgan fingerprint density at radius 3 is 2.65 bits per heavy atom. The Balaban J connectivity index is 2.07. The van der Waals surface area contributed by atoms with Crippen molar-refractivity contribution in [1.29, 1.82) is 0 Å². The van der Waals surface area contributed by atoms with Crippen molar-refractivity contribution in [2.45, 2.75) is 32.9 Å². The highest BCUT2D eigenvalue weighted by Gasteiger charge is 2.15. The van der Waals surface area contributed by atoms with Crippen molar-refractivity contribution in [2.75, 3.05) is 11.1 Å². The average Bonchev–Trinajstić information content (AvgIpc) is 2.39. The lowest BCUT2D eigenvalue weighted by molar-refractivity contribution is 0.125. The lowest BCUT2D eigenvalue weighted by atomic mass is 10.2. The first-order valence-electron chi connectivity index (χ1n) is 6.53. The zero-order valence-electron chi connectivity index (χ0n) is 12.1. The molecule has 0 aliphatic carbocycles. The molecule has 0 atom stereocenters. The number of anilines is 2. The van der Waals surface area contributed by atoms with Crippen LogP contribution >= 0.6 is 0 Å². The van der Waals surface area contributed by atoms with Gasteiger partial charge in [0, 0.05) is 6.20 Å². The van der Waals surface area contributed by atoms with Gasteiger partial charge in [0.05, 0.1) is 17.9 Å². The summed E-state index contributed by atoms with van der Waals surface area (Å²) in [4.78, 5) is 8.63. The summed E-state index contributed by atoms with van der Waals surface area (Å²) in [6.07, 6.45) is 1.77. The van der Waals surface area contributed by atoms with Crippen LogP contribution in [0, 0.1) is 0 Å². The van der Waals surface area contributed by atoms with Gasteiger partial charge >= 0.3 is 0 Å². The largest absolute Gasteiger partial charge is 0.470 e. The van der Waals surface area contributed by atoms with Crippen LogP contribution < -0.4 is 15.8 Å². The number of ether oxygens (including phenoxy) is 1. The van der Waals surface area contributed by atoms with Crippen LogP contribution in [-0.2, 0) is 6.54 Å². The summed E-state index contributed by atoms with van der Waals surface area (Å²) in [5.74, 6) is 1.16. The minimum atomic E-state index is -0.333. The van der Waals surface area contributed by atoms with Gasteiger partial charge in [-0.25, -0.2) is 0 Å². The Bertz CT molecular complexity index is 564. The molecule has 0 spiro atoms. The minimum absolute atomic E-state index is 0.333. The summed E-state index contributed by atoms with van der Waals surface area (Å²) < 4.78 is 5.73. The minimum Gasteiger partial charge on any atom is -0.470 e. The van der Waals surface area contributed by atoms with Crippen LogP contribution in [-0.4, -0.2) is 15.6 Å². The number of pyridine rings is 2. The van der Waals surface area contributed by atoms with Gasteiger partial charge in [0.15, 0.2) is 0 Å². The zero-order valence-corrected chi connectivity index (χ0v) is 12.1. The molecule has 0 aromatic carbocycles. The van der Waals surface area contributed by atoms with E-state index in [0.717, 1.165) is 5.69 Å². The van der Waals surface area contributed by atoms with E-state index in [2.05, 4.69) is 15.3 Å². The molecule has 5 heteroatoms. The van der Waals surface area contributed by atoms with E-state index >= 15 is 0 Å².